The molecule has 24 heavy (non-hydrogen) atoms. The molecule has 128 valence electrons. The van der Waals surface area contributed by atoms with Gasteiger partial charge in [0.15, 0.2) is 0 Å². The topological polar surface area (TPSA) is 48.1 Å². The lowest BCUT2D eigenvalue weighted by Crippen LogP contribution is -2.30. The molecule has 2 rings (SSSR count). The monoisotopic (exact) mass is 328 g/mol. The second-order valence-electron chi connectivity index (χ2n) is 6.99. The fraction of sp³-hybridized carbons (Fsp3) is 0.350. The molecule has 0 radical (unpaired) electrons. The number of anilines is 1. The molecule has 1 aromatic heterocycles. The molecule has 0 amide bonds. The summed E-state index contributed by atoms with van der Waals surface area (Å²) >= 11 is 0. The molecule has 0 unspecified atom stereocenters. The highest BCUT2D eigenvalue weighted by Crippen LogP contribution is 2.25. The Balaban J connectivity index is 2.05. The van der Waals surface area contributed by atoms with Crippen LogP contribution in [-0.2, 0) is 10.3 Å². The van der Waals surface area contributed by atoms with Gasteiger partial charge in [-0.15, -0.1) is 0 Å². The minimum atomic E-state index is -1.36. The van der Waals surface area contributed by atoms with Crippen molar-refractivity contribution in [1.29, 1.82) is 0 Å². The Morgan fingerprint density at radius 2 is 1.58 bits per heavy atom. The van der Waals surface area contributed by atoms with Gasteiger partial charge in [-0.2, -0.15) is 0 Å². The van der Waals surface area contributed by atoms with Crippen LogP contribution in [0.1, 0.15) is 44.5 Å². The first-order valence-corrected chi connectivity index (χ1v) is 7.99. The summed E-state index contributed by atoms with van der Waals surface area (Å²) in [6.07, 6.45) is 5.78. The molecule has 0 aliphatic rings. The van der Waals surface area contributed by atoms with E-state index in [9.17, 15) is 4.39 Å². The van der Waals surface area contributed by atoms with Gasteiger partial charge >= 0.3 is 0 Å². The Morgan fingerprint density at radius 1 is 1.00 bits per heavy atom. The van der Waals surface area contributed by atoms with E-state index < -0.39 is 11.3 Å². The van der Waals surface area contributed by atoms with Gasteiger partial charge in [0.05, 0.1) is 12.3 Å². The highest BCUT2D eigenvalue weighted by atomic mass is 19.1. The maximum atomic E-state index is 13.6. The van der Waals surface area contributed by atoms with Gasteiger partial charge in [-0.25, -0.2) is 4.39 Å². The first kappa shape index (κ1) is 18.1. The molecule has 0 atom stereocenters. The van der Waals surface area contributed by atoms with Crippen LogP contribution in [0.5, 0.6) is 0 Å². The first-order chi connectivity index (χ1) is 11.2. The summed E-state index contributed by atoms with van der Waals surface area (Å²) in [5.41, 5.74) is 7.25. The minimum Gasteiger partial charge on any atom is -0.399 e. The van der Waals surface area contributed by atoms with Crippen LogP contribution in [0.4, 0.5) is 10.1 Å². The number of nitrogens with zero attached hydrogens (tertiary/aromatic N) is 1. The first-order valence-electron chi connectivity index (χ1n) is 7.99. The van der Waals surface area contributed by atoms with E-state index in [0.29, 0.717) is 0 Å². The fourth-order valence-corrected chi connectivity index (χ4v) is 2.09. The van der Waals surface area contributed by atoms with Crippen molar-refractivity contribution >= 4 is 17.8 Å². The molecule has 0 aliphatic carbocycles. The molecule has 2 N–H and O–H groups in total. The van der Waals surface area contributed by atoms with Gasteiger partial charge < -0.3 is 10.5 Å². The van der Waals surface area contributed by atoms with E-state index in [4.69, 9.17) is 10.5 Å². The fourth-order valence-electron chi connectivity index (χ4n) is 2.09. The third-order valence-corrected chi connectivity index (χ3v) is 3.58. The third-order valence-electron chi connectivity index (χ3n) is 3.58. The largest absolute Gasteiger partial charge is 0.399 e. The Morgan fingerprint density at radius 3 is 2.12 bits per heavy atom. The van der Waals surface area contributed by atoms with Crippen LogP contribution in [0, 0.1) is 0 Å². The van der Waals surface area contributed by atoms with E-state index in [1.54, 1.807) is 6.20 Å². The summed E-state index contributed by atoms with van der Waals surface area (Å²) in [5.74, 6) is 0. The van der Waals surface area contributed by atoms with Crippen molar-refractivity contribution in [2.24, 2.45) is 0 Å². The summed E-state index contributed by atoms with van der Waals surface area (Å²) in [6.45, 7) is 6.82. The van der Waals surface area contributed by atoms with Crippen molar-refractivity contribution in [3.63, 3.8) is 0 Å². The number of nitrogen functional groups attached to an aromatic ring is 1. The minimum absolute atomic E-state index is 0.0282. The van der Waals surface area contributed by atoms with Crippen molar-refractivity contribution in [2.75, 3.05) is 12.3 Å². The average molecular weight is 328 g/mol. The maximum Gasteiger partial charge on any atom is 0.128 e. The molecule has 3 nitrogen and oxygen atoms in total. The van der Waals surface area contributed by atoms with Gasteiger partial charge in [0.25, 0.3) is 0 Å². The van der Waals surface area contributed by atoms with Crippen LogP contribution in [0.2, 0.25) is 0 Å². The third kappa shape index (κ3) is 5.46. The van der Waals surface area contributed by atoms with E-state index in [1.165, 1.54) is 13.8 Å². The number of aromatic nitrogens is 1. The van der Waals surface area contributed by atoms with E-state index in [0.717, 1.165) is 22.5 Å². The van der Waals surface area contributed by atoms with E-state index in [-0.39, 0.29) is 6.61 Å². The number of alkyl halides is 1. The SMILES string of the molecule is CC(C)(F)COC(C)(C)c1ccc(/C=C/c2ccc(N)cc2)cn1. The second-order valence-corrected chi connectivity index (χ2v) is 6.99. The second kappa shape index (κ2) is 7.14. The Labute approximate surface area is 143 Å². The number of halogens is 1. The summed E-state index contributed by atoms with van der Waals surface area (Å²) in [7, 11) is 0. The quantitative estimate of drug-likeness (QED) is 0.772. The zero-order valence-corrected chi connectivity index (χ0v) is 14.7. The number of pyridine rings is 1. The smallest absolute Gasteiger partial charge is 0.128 e. The van der Waals surface area contributed by atoms with Crippen molar-refractivity contribution in [3.8, 4) is 0 Å². The average Bonchev–Trinajstić information content (AvgIpc) is 2.52. The van der Waals surface area contributed by atoms with Crippen molar-refractivity contribution < 1.29 is 9.13 Å². The molecular weight excluding hydrogens is 303 g/mol. The predicted molar refractivity (Wildman–Crippen MR) is 98.2 cm³/mol. The van der Waals surface area contributed by atoms with Gasteiger partial charge in [-0.1, -0.05) is 30.4 Å². The number of hydrogen-bond acceptors (Lipinski definition) is 3. The summed E-state index contributed by atoms with van der Waals surface area (Å²) in [6, 6.07) is 11.5. The summed E-state index contributed by atoms with van der Waals surface area (Å²) in [4.78, 5) is 4.46. The Bertz CT molecular complexity index is 683. The van der Waals surface area contributed by atoms with Crippen LogP contribution in [-0.4, -0.2) is 17.3 Å². The number of nitrogens with two attached hydrogens (primary N) is 1. The lowest BCUT2D eigenvalue weighted by Gasteiger charge is -2.27. The van der Waals surface area contributed by atoms with Gasteiger partial charge in [0.2, 0.25) is 0 Å². The molecule has 0 bridgehead atoms. The molecule has 0 fully saturated rings. The number of ether oxygens (including phenoxy) is 1. The van der Waals surface area contributed by atoms with Gasteiger partial charge in [-0.05, 0) is 57.0 Å². The molecule has 4 heteroatoms. The molecule has 1 aromatic carbocycles. The van der Waals surface area contributed by atoms with Crippen LogP contribution in [0.3, 0.4) is 0 Å². The molecule has 1 heterocycles. The molecular formula is C20H25FN2O. The molecule has 0 spiro atoms. The highest BCUT2D eigenvalue weighted by molar-refractivity contribution is 5.69. The molecule has 0 saturated carbocycles. The van der Waals surface area contributed by atoms with Crippen LogP contribution in [0.15, 0.2) is 42.6 Å². The summed E-state index contributed by atoms with van der Waals surface area (Å²) < 4.78 is 19.3. The highest BCUT2D eigenvalue weighted by Gasteiger charge is 2.27. The molecule has 0 saturated heterocycles. The standard InChI is InChI=1S/C20H25FN2O/c1-19(2,21)14-24-20(3,4)18-12-9-16(13-23-18)6-5-15-7-10-17(22)11-8-15/h5-13H,14,22H2,1-4H3/b6-5+. The predicted octanol–water partition coefficient (Wildman–Crippen LogP) is 4.83. The van der Waals surface area contributed by atoms with Crippen LogP contribution in [0.25, 0.3) is 12.2 Å². The van der Waals surface area contributed by atoms with Crippen LogP contribution < -0.4 is 5.73 Å². The van der Waals surface area contributed by atoms with Gasteiger partial charge in [0, 0.05) is 11.9 Å². The van der Waals surface area contributed by atoms with Gasteiger partial charge in [0.1, 0.15) is 11.3 Å². The Hall–Kier alpha value is -2.20. The van der Waals surface area contributed by atoms with E-state index >= 15 is 0 Å². The summed E-state index contributed by atoms with van der Waals surface area (Å²) in [5, 5.41) is 0. The maximum absolute atomic E-state index is 13.6. The lowest BCUT2D eigenvalue weighted by atomic mass is 10.0. The van der Waals surface area contributed by atoms with Crippen LogP contribution >= 0.6 is 0 Å². The Kier molecular flexibility index (Phi) is 5.40. The normalized spacial score (nSPS) is 12.7. The van der Waals surface area contributed by atoms with E-state index in [2.05, 4.69) is 4.98 Å². The zero-order chi connectivity index (χ0) is 17.8. The van der Waals surface area contributed by atoms with Crippen molar-refractivity contribution in [1.82, 2.24) is 4.98 Å². The lowest BCUT2D eigenvalue weighted by molar-refractivity contribution is -0.0696. The van der Waals surface area contributed by atoms with E-state index in [1.807, 2.05) is 62.4 Å². The molecule has 2 aromatic rings. The molecule has 0 aliphatic heterocycles. The number of benzene rings is 1. The van der Waals surface area contributed by atoms with Crippen molar-refractivity contribution in [3.05, 3.63) is 59.4 Å². The van der Waals surface area contributed by atoms with Crippen molar-refractivity contribution in [2.45, 2.75) is 39.0 Å². The zero-order valence-electron chi connectivity index (χ0n) is 14.7. The number of rotatable bonds is 6. The number of hydrogen-bond donors (Lipinski definition) is 1. The van der Waals surface area contributed by atoms with Gasteiger partial charge in [-0.3, -0.25) is 4.98 Å².